The number of allylic oxidation sites excluding steroid dienone is 3. The van der Waals surface area contributed by atoms with Crippen LogP contribution in [0.25, 0.3) is 0 Å². The van der Waals surface area contributed by atoms with Gasteiger partial charge in [0.1, 0.15) is 0 Å². The van der Waals surface area contributed by atoms with Gasteiger partial charge in [-0.1, -0.05) is 22.0 Å². The lowest BCUT2D eigenvalue weighted by Gasteiger charge is -2.37. The Kier molecular flexibility index (Phi) is 7.82. The highest BCUT2D eigenvalue weighted by Gasteiger charge is 2.42. The van der Waals surface area contributed by atoms with E-state index in [4.69, 9.17) is 23.7 Å². The lowest BCUT2D eigenvalue weighted by molar-refractivity contribution is -0.136. The number of nitrogens with one attached hydrogen (secondary N) is 1. The Morgan fingerprint density at radius 2 is 1.51 bits per heavy atom. The smallest absolute Gasteiger partial charge is 0.336 e. The van der Waals surface area contributed by atoms with Crippen LogP contribution < -0.4 is 24.3 Å². The maximum absolute atomic E-state index is 13.8. The second kappa shape index (κ2) is 10.9. The molecular weight excluding hydrogens is 542 g/mol. The first-order valence-corrected chi connectivity index (χ1v) is 12.5. The summed E-state index contributed by atoms with van der Waals surface area (Å²) in [7, 11) is 7.61. The van der Waals surface area contributed by atoms with E-state index in [-0.39, 0.29) is 18.1 Å². The maximum atomic E-state index is 13.8. The van der Waals surface area contributed by atoms with E-state index in [2.05, 4.69) is 21.2 Å². The first kappa shape index (κ1) is 26.6. The fourth-order valence-electron chi connectivity index (χ4n) is 5.16. The van der Waals surface area contributed by atoms with Crippen LogP contribution in [0.4, 0.5) is 0 Å². The lowest BCUT2D eigenvalue weighted by Crippen LogP contribution is -2.36. The molecule has 9 heteroatoms. The molecule has 0 saturated carbocycles. The molecule has 0 fully saturated rings. The average molecular weight is 572 g/mol. The summed E-state index contributed by atoms with van der Waals surface area (Å²) in [4.78, 5) is 26.8. The highest BCUT2D eigenvalue weighted by molar-refractivity contribution is 9.10. The number of hydrogen-bond donors (Lipinski definition) is 1. The molecule has 2 aromatic rings. The fraction of sp³-hybridized carbons (Fsp3) is 0.357. The number of Topliss-reactive ketones (excluding diaryl/α,β-unsaturated/α-hetero) is 1. The van der Waals surface area contributed by atoms with Crippen molar-refractivity contribution in [2.24, 2.45) is 0 Å². The second-order valence-electron chi connectivity index (χ2n) is 8.85. The molecule has 2 aromatic carbocycles. The highest BCUT2D eigenvalue weighted by atomic mass is 79.9. The summed E-state index contributed by atoms with van der Waals surface area (Å²) >= 11 is 3.63. The van der Waals surface area contributed by atoms with Gasteiger partial charge in [0.2, 0.25) is 0 Å². The molecule has 2 aliphatic rings. The minimum atomic E-state index is -0.642. The van der Waals surface area contributed by atoms with Crippen molar-refractivity contribution in [2.45, 2.75) is 31.6 Å². The van der Waals surface area contributed by atoms with Crippen molar-refractivity contribution in [2.75, 3.05) is 35.5 Å². The third-order valence-corrected chi connectivity index (χ3v) is 7.61. The van der Waals surface area contributed by atoms with Crippen LogP contribution in [0, 0.1) is 0 Å². The normalized spacial score (nSPS) is 19.2. The standard InChI is InChI=1S/C28H30BrNO7/c1-14-25(28(32)37-6)26(17-12-23(35-4)24(36-5)13-18(17)29)27-19(30-14)9-16(10-20(27)31)15-7-8-21(33-2)22(11-15)34-3/h7-8,11-13,16,26,30H,9-10H2,1-6H3/t16-,26+/m1/s1. The van der Waals surface area contributed by atoms with Gasteiger partial charge in [-0.2, -0.15) is 0 Å². The Hall–Kier alpha value is -3.46. The second-order valence-corrected chi connectivity index (χ2v) is 9.71. The molecule has 0 aromatic heterocycles. The number of carbonyl (C=O) groups is 2. The summed E-state index contributed by atoms with van der Waals surface area (Å²) < 4.78 is 27.6. The van der Waals surface area contributed by atoms with E-state index in [1.807, 2.05) is 25.1 Å². The van der Waals surface area contributed by atoms with E-state index < -0.39 is 11.9 Å². The Labute approximate surface area is 224 Å². The molecule has 196 valence electrons. The molecule has 4 rings (SSSR count). The molecule has 1 heterocycles. The van der Waals surface area contributed by atoms with Crippen molar-refractivity contribution in [1.29, 1.82) is 0 Å². The first-order chi connectivity index (χ1) is 17.8. The Morgan fingerprint density at radius 3 is 2.14 bits per heavy atom. The van der Waals surface area contributed by atoms with Crippen LogP contribution in [-0.4, -0.2) is 47.3 Å². The van der Waals surface area contributed by atoms with E-state index in [0.717, 1.165) is 11.3 Å². The number of hydrogen-bond acceptors (Lipinski definition) is 8. The molecule has 37 heavy (non-hydrogen) atoms. The molecular formula is C28H30BrNO7. The molecule has 8 nitrogen and oxygen atoms in total. The quantitative estimate of drug-likeness (QED) is 0.463. The van der Waals surface area contributed by atoms with E-state index in [0.29, 0.717) is 56.3 Å². The van der Waals surface area contributed by atoms with Crippen molar-refractivity contribution in [3.05, 3.63) is 68.5 Å². The number of ether oxygens (including phenoxy) is 5. The van der Waals surface area contributed by atoms with Gasteiger partial charge in [0.15, 0.2) is 28.8 Å². The minimum Gasteiger partial charge on any atom is -0.493 e. The van der Waals surface area contributed by atoms with E-state index >= 15 is 0 Å². The van der Waals surface area contributed by atoms with Gasteiger partial charge in [-0.05, 0) is 54.7 Å². The molecule has 0 amide bonds. The number of dihydropyridines is 1. The van der Waals surface area contributed by atoms with Gasteiger partial charge in [0.05, 0.1) is 41.1 Å². The van der Waals surface area contributed by atoms with Crippen LogP contribution in [0.5, 0.6) is 23.0 Å². The summed E-state index contributed by atoms with van der Waals surface area (Å²) in [6.45, 7) is 1.82. The van der Waals surface area contributed by atoms with Gasteiger partial charge in [-0.25, -0.2) is 4.79 Å². The minimum absolute atomic E-state index is 0.0471. The van der Waals surface area contributed by atoms with Crippen LogP contribution >= 0.6 is 15.9 Å². The third-order valence-electron chi connectivity index (χ3n) is 6.93. The summed E-state index contributed by atoms with van der Waals surface area (Å²) in [6, 6.07) is 9.30. The highest BCUT2D eigenvalue weighted by Crippen LogP contribution is 2.49. The molecule has 2 atom stereocenters. The van der Waals surface area contributed by atoms with E-state index in [1.165, 1.54) is 7.11 Å². The van der Waals surface area contributed by atoms with Crippen LogP contribution in [0.3, 0.4) is 0 Å². The van der Waals surface area contributed by atoms with Crippen molar-refractivity contribution in [1.82, 2.24) is 5.32 Å². The number of ketones is 1. The van der Waals surface area contributed by atoms with Crippen molar-refractivity contribution in [3.63, 3.8) is 0 Å². The van der Waals surface area contributed by atoms with E-state index in [9.17, 15) is 9.59 Å². The molecule has 1 aliphatic heterocycles. The van der Waals surface area contributed by atoms with E-state index in [1.54, 1.807) is 40.6 Å². The van der Waals surface area contributed by atoms with Gasteiger partial charge in [-0.3, -0.25) is 4.79 Å². The van der Waals surface area contributed by atoms with Gasteiger partial charge in [0.25, 0.3) is 0 Å². The molecule has 1 aliphatic carbocycles. The van der Waals surface area contributed by atoms with Crippen LogP contribution in [-0.2, 0) is 14.3 Å². The fourth-order valence-corrected chi connectivity index (χ4v) is 5.72. The molecule has 0 spiro atoms. The van der Waals surface area contributed by atoms with Crippen LogP contribution in [0.1, 0.15) is 42.7 Å². The molecule has 0 saturated heterocycles. The Bertz CT molecular complexity index is 1310. The average Bonchev–Trinajstić information content (AvgIpc) is 2.91. The Morgan fingerprint density at radius 1 is 0.892 bits per heavy atom. The third kappa shape index (κ3) is 4.80. The van der Waals surface area contributed by atoms with Crippen LogP contribution in [0.2, 0.25) is 0 Å². The van der Waals surface area contributed by atoms with Crippen molar-refractivity contribution in [3.8, 4) is 23.0 Å². The summed E-state index contributed by atoms with van der Waals surface area (Å²) in [5.74, 6) is 1.01. The number of halogens is 1. The maximum Gasteiger partial charge on any atom is 0.336 e. The van der Waals surface area contributed by atoms with Crippen molar-refractivity contribution >= 4 is 27.7 Å². The predicted molar refractivity (Wildman–Crippen MR) is 141 cm³/mol. The zero-order valence-corrected chi connectivity index (χ0v) is 23.3. The zero-order valence-electron chi connectivity index (χ0n) is 21.7. The first-order valence-electron chi connectivity index (χ1n) is 11.7. The van der Waals surface area contributed by atoms with Gasteiger partial charge in [-0.15, -0.1) is 0 Å². The van der Waals surface area contributed by atoms with Gasteiger partial charge >= 0.3 is 5.97 Å². The van der Waals surface area contributed by atoms with Crippen LogP contribution in [0.15, 0.2) is 57.3 Å². The van der Waals surface area contributed by atoms with Crippen molar-refractivity contribution < 1.29 is 33.3 Å². The summed E-state index contributed by atoms with van der Waals surface area (Å²) in [5.41, 5.74) is 4.04. The largest absolute Gasteiger partial charge is 0.493 e. The van der Waals surface area contributed by atoms with Gasteiger partial charge in [0, 0.05) is 33.8 Å². The number of rotatable bonds is 7. The topological polar surface area (TPSA) is 92.3 Å². The Balaban J connectivity index is 1.84. The molecule has 0 radical (unpaired) electrons. The monoisotopic (exact) mass is 571 g/mol. The number of esters is 1. The lowest BCUT2D eigenvalue weighted by atomic mass is 9.71. The summed E-state index contributed by atoms with van der Waals surface area (Å²) in [6.07, 6.45) is 0.870. The molecule has 0 unspecified atom stereocenters. The molecule has 1 N–H and O–H groups in total. The predicted octanol–water partition coefficient (Wildman–Crippen LogP) is 5.02. The number of carbonyl (C=O) groups excluding carboxylic acids is 2. The molecule has 0 bridgehead atoms. The number of benzene rings is 2. The zero-order chi connectivity index (χ0) is 26.9. The number of methoxy groups -OCH3 is 5. The SMILES string of the molecule is COC(=O)C1=C(C)NC2=C(C(=O)C[C@H](c3ccc(OC)c(OC)c3)C2)[C@H]1c1cc(OC)c(OC)cc1Br. The summed E-state index contributed by atoms with van der Waals surface area (Å²) in [5, 5.41) is 3.35. The van der Waals surface area contributed by atoms with Gasteiger partial charge < -0.3 is 29.0 Å².